The van der Waals surface area contributed by atoms with E-state index in [1.165, 1.54) is 35.5 Å². The van der Waals surface area contributed by atoms with E-state index in [9.17, 15) is 23.2 Å². The number of hydrogen-bond acceptors (Lipinski definition) is 5. The van der Waals surface area contributed by atoms with Crippen LogP contribution in [0.3, 0.4) is 0 Å². The first kappa shape index (κ1) is 25.7. The van der Waals surface area contributed by atoms with Crippen LogP contribution in [-0.4, -0.2) is 45.9 Å². The van der Waals surface area contributed by atoms with Crippen LogP contribution in [0.2, 0.25) is 5.02 Å². The maximum atomic E-state index is 14.4. The van der Waals surface area contributed by atoms with Gasteiger partial charge in [-0.15, -0.1) is 0 Å². The maximum Gasteiger partial charge on any atom is 0.251 e. The first-order chi connectivity index (χ1) is 18.3. The van der Waals surface area contributed by atoms with Crippen LogP contribution in [0.25, 0.3) is 0 Å². The lowest BCUT2D eigenvalue weighted by Gasteiger charge is -2.37. The van der Waals surface area contributed by atoms with Gasteiger partial charge in [0, 0.05) is 41.1 Å². The van der Waals surface area contributed by atoms with Gasteiger partial charge >= 0.3 is 0 Å². The van der Waals surface area contributed by atoms with E-state index in [-0.39, 0.29) is 48.2 Å². The van der Waals surface area contributed by atoms with Gasteiger partial charge in [0.2, 0.25) is 17.8 Å². The second-order valence-corrected chi connectivity index (χ2v) is 9.66. The molecule has 2 aliphatic rings. The molecule has 0 spiro atoms. The van der Waals surface area contributed by atoms with Gasteiger partial charge in [-0.05, 0) is 49.6 Å². The molecular formula is C27H24ClF2N5O3. The summed E-state index contributed by atoms with van der Waals surface area (Å²) in [5.41, 5.74) is 0.396. The normalized spacial score (nSPS) is 21.5. The minimum atomic E-state index is -1.33. The molecule has 2 aromatic carbocycles. The molecule has 0 bridgehead atoms. The summed E-state index contributed by atoms with van der Waals surface area (Å²) in [6.45, 7) is 0. The number of nitrogens with zero attached hydrogens (tertiary/aromatic N) is 4. The van der Waals surface area contributed by atoms with Crippen molar-refractivity contribution in [2.45, 2.75) is 50.0 Å². The van der Waals surface area contributed by atoms with E-state index in [0.717, 1.165) is 11.0 Å². The Hall–Kier alpha value is -3.92. The van der Waals surface area contributed by atoms with Gasteiger partial charge in [-0.2, -0.15) is 0 Å². The molecule has 8 nitrogen and oxygen atoms in total. The van der Waals surface area contributed by atoms with Crippen LogP contribution in [0.4, 0.5) is 20.4 Å². The van der Waals surface area contributed by atoms with Crippen LogP contribution >= 0.6 is 11.6 Å². The molecule has 3 amide bonds. The second-order valence-electron chi connectivity index (χ2n) is 9.25. The number of nitrogens with one attached hydrogen (secondary N) is 1. The van der Waals surface area contributed by atoms with Crippen LogP contribution in [0.15, 0.2) is 67.0 Å². The summed E-state index contributed by atoms with van der Waals surface area (Å²) in [6.07, 6.45) is 2.42. The summed E-state index contributed by atoms with van der Waals surface area (Å²) in [4.78, 5) is 51.5. The molecule has 11 heteroatoms. The molecule has 2 heterocycles. The van der Waals surface area contributed by atoms with Gasteiger partial charge < -0.3 is 5.32 Å². The molecule has 1 saturated carbocycles. The number of halogens is 3. The Bertz CT molecular complexity index is 1360. The molecule has 1 aliphatic heterocycles. The zero-order valence-corrected chi connectivity index (χ0v) is 20.9. The summed E-state index contributed by atoms with van der Waals surface area (Å²) in [5, 5.41) is 3.02. The maximum absolute atomic E-state index is 14.4. The quantitative estimate of drug-likeness (QED) is 0.486. The number of carbonyl (C=O) groups excluding carboxylic acids is 3. The average Bonchev–Trinajstić information content (AvgIpc) is 3.28. The molecule has 1 aliphatic carbocycles. The van der Waals surface area contributed by atoms with Crippen LogP contribution in [0, 0.1) is 5.82 Å². The van der Waals surface area contributed by atoms with Gasteiger partial charge in [0.25, 0.3) is 5.91 Å². The highest BCUT2D eigenvalue weighted by Crippen LogP contribution is 2.36. The van der Waals surface area contributed by atoms with Gasteiger partial charge in [0.1, 0.15) is 24.1 Å². The van der Waals surface area contributed by atoms with Crippen molar-refractivity contribution in [3.8, 4) is 0 Å². The average molecular weight is 540 g/mol. The number of alkyl halides is 1. The standard InChI is InChI=1S/C27H24ClF2N5O3/c28-21-8-2-1-7-20(21)24(25(37)33-18-13-17(30)14-18)34(19-6-3-5-16(29)15-19)26(38)22-9-10-23(36)35(22)27-31-11-4-12-32-27/h1-8,11-12,15,17-18,22,24H,9-10,13-14H2,(H,33,37). The molecular weight excluding hydrogens is 516 g/mol. The summed E-state index contributed by atoms with van der Waals surface area (Å²) >= 11 is 6.51. The zero-order chi connectivity index (χ0) is 26.8. The fourth-order valence-corrected chi connectivity index (χ4v) is 5.05. The third kappa shape index (κ3) is 5.08. The van der Waals surface area contributed by atoms with E-state index >= 15 is 0 Å². The second kappa shape index (κ2) is 10.8. The SMILES string of the molecule is O=C(NC1CC(F)C1)C(c1ccccc1Cl)N(C(=O)C1CCC(=O)N1c1ncccn1)c1cccc(F)c1. The molecule has 3 aromatic rings. The van der Waals surface area contributed by atoms with Gasteiger partial charge in [-0.3, -0.25) is 24.2 Å². The van der Waals surface area contributed by atoms with E-state index in [1.54, 1.807) is 30.3 Å². The fraction of sp³-hybridized carbons (Fsp3) is 0.296. The first-order valence-electron chi connectivity index (χ1n) is 12.2. The van der Waals surface area contributed by atoms with Crippen LogP contribution in [0.1, 0.15) is 37.3 Å². The molecule has 0 radical (unpaired) electrons. The van der Waals surface area contributed by atoms with Gasteiger partial charge in [0.15, 0.2) is 0 Å². The van der Waals surface area contributed by atoms with Gasteiger partial charge in [0.05, 0.1) is 0 Å². The summed E-state index contributed by atoms with van der Waals surface area (Å²) < 4.78 is 28.0. The van der Waals surface area contributed by atoms with Gasteiger partial charge in [-0.25, -0.2) is 18.7 Å². The third-order valence-electron chi connectivity index (χ3n) is 6.72. The number of rotatable bonds is 7. The van der Waals surface area contributed by atoms with Crippen LogP contribution in [0.5, 0.6) is 0 Å². The molecule has 2 fully saturated rings. The van der Waals surface area contributed by atoms with E-state index < -0.39 is 41.9 Å². The zero-order valence-electron chi connectivity index (χ0n) is 20.1. The minimum Gasteiger partial charge on any atom is -0.351 e. The molecule has 38 heavy (non-hydrogen) atoms. The Morgan fingerprint density at radius 3 is 2.50 bits per heavy atom. The van der Waals surface area contributed by atoms with Crippen molar-refractivity contribution in [3.05, 3.63) is 83.4 Å². The molecule has 196 valence electrons. The molecule has 1 N–H and O–H groups in total. The topological polar surface area (TPSA) is 95.5 Å². The molecule has 2 unspecified atom stereocenters. The highest BCUT2D eigenvalue weighted by molar-refractivity contribution is 6.31. The van der Waals surface area contributed by atoms with E-state index in [4.69, 9.17) is 11.6 Å². The molecule has 1 aromatic heterocycles. The Labute approximate surface area is 222 Å². The lowest BCUT2D eigenvalue weighted by Crippen LogP contribution is -2.54. The predicted molar refractivity (Wildman–Crippen MR) is 137 cm³/mol. The largest absolute Gasteiger partial charge is 0.351 e. The van der Waals surface area contributed by atoms with E-state index in [2.05, 4.69) is 15.3 Å². The monoisotopic (exact) mass is 539 g/mol. The summed E-state index contributed by atoms with van der Waals surface area (Å²) in [6, 6.07) is 10.6. The molecule has 2 atom stereocenters. The number of aromatic nitrogens is 2. The van der Waals surface area contributed by atoms with E-state index in [0.29, 0.717) is 5.56 Å². The van der Waals surface area contributed by atoms with Crippen molar-refractivity contribution in [1.29, 1.82) is 0 Å². The van der Waals surface area contributed by atoms with Gasteiger partial charge in [-0.1, -0.05) is 35.9 Å². The Morgan fingerprint density at radius 1 is 1.08 bits per heavy atom. The third-order valence-corrected chi connectivity index (χ3v) is 7.07. The van der Waals surface area contributed by atoms with Crippen molar-refractivity contribution >= 4 is 41.0 Å². The summed E-state index contributed by atoms with van der Waals surface area (Å²) in [7, 11) is 0. The lowest BCUT2D eigenvalue weighted by atomic mass is 9.90. The minimum absolute atomic E-state index is 0.0507. The Morgan fingerprint density at radius 2 is 1.82 bits per heavy atom. The number of benzene rings is 2. The van der Waals surface area contributed by atoms with Crippen molar-refractivity contribution < 1.29 is 23.2 Å². The van der Waals surface area contributed by atoms with Crippen molar-refractivity contribution in [3.63, 3.8) is 0 Å². The highest BCUT2D eigenvalue weighted by atomic mass is 35.5. The number of amides is 3. The summed E-state index contributed by atoms with van der Waals surface area (Å²) in [5.74, 6) is -2.15. The predicted octanol–water partition coefficient (Wildman–Crippen LogP) is 4.16. The van der Waals surface area contributed by atoms with E-state index in [1.807, 2.05) is 0 Å². The van der Waals surface area contributed by atoms with Crippen LogP contribution in [-0.2, 0) is 14.4 Å². The number of hydrogen-bond donors (Lipinski definition) is 1. The highest BCUT2D eigenvalue weighted by Gasteiger charge is 2.45. The van der Waals surface area contributed by atoms with Crippen molar-refractivity contribution in [2.24, 2.45) is 0 Å². The fourth-order valence-electron chi connectivity index (χ4n) is 4.81. The van der Waals surface area contributed by atoms with Crippen molar-refractivity contribution in [2.75, 3.05) is 9.80 Å². The first-order valence-corrected chi connectivity index (χ1v) is 12.6. The Balaban J connectivity index is 1.61. The van der Waals surface area contributed by atoms with Crippen molar-refractivity contribution in [1.82, 2.24) is 15.3 Å². The molecule has 5 rings (SSSR count). The van der Waals surface area contributed by atoms with Crippen LogP contribution < -0.4 is 15.1 Å². The lowest BCUT2D eigenvalue weighted by molar-refractivity contribution is -0.128. The Kier molecular flexibility index (Phi) is 7.33. The smallest absolute Gasteiger partial charge is 0.251 e. The number of carbonyl (C=O) groups is 3. The number of anilines is 2. The molecule has 1 saturated heterocycles.